The van der Waals surface area contributed by atoms with Crippen molar-refractivity contribution in [2.45, 2.75) is 39.2 Å². The van der Waals surface area contributed by atoms with Crippen molar-refractivity contribution >= 4 is 11.5 Å². The van der Waals surface area contributed by atoms with Gasteiger partial charge in [-0.2, -0.15) is 0 Å². The van der Waals surface area contributed by atoms with Crippen molar-refractivity contribution in [3.8, 4) is 0 Å². The van der Waals surface area contributed by atoms with Gasteiger partial charge in [0.05, 0.1) is 0 Å². The Hall–Kier alpha value is -1.72. The largest absolute Gasteiger partial charge is 0.366 e. The minimum absolute atomic E-state index is 0.418. The van der Waals surface area contributed by atoms with Crippen LogP contribution in [-0.4, -0.2) is 31.3 Å². The maximum absolute atomic E-state index is 4.25. The van der Waals surface area contributed by atoms with E-state index in [1.807, 2.05) is 12.1 Å². The molecule has 1 atom stereocenters. The molecule has 2 aromatic rings. The van der Waals surface area contributed by atoms with Gasteiger partial charge in [-0.15, -0.1) is 14.8 Å². The van der Waals surface area contributed by atoms with E-state index in [0.717, 1.165) is 12.2 Å². The van der Waals surface area contributed by atoms with Crippen LogP contribution >= 0.6 is 0 Å². The molecule has 0 aliphatic rings. The summed E-state index contributed by atoms with van der Waals surface area (Å²) in [6.07, 6.45) is 3.58. The van der Waals surface area contributed by atoms with Gasteiger partial charge in [0.25, 0.3) is 0 Å². The van der Waals surface area contributed by atoms with Crippen LogP contribution in [0.2, 0.25) is 0 Å². The first-order valence-corrected chi connectivity index (χ1v) is 5.61. The minimum Gasteiger partial charge on any atom is -0.366 e. The Kier molecular flexibility index (Phi) is 3.28. The van der Waals surface area contributed by atoms with Gasteiger partial charge >= 0.3 is 0 Å². The van der Waals surface area contributed by atoms with Gasteiger partial charge in [-0.25, -0.2) is 0 Å². The number of anilines is 1. The molecule has 0 radical (unpaired) electrons. The fourth-order valence-corrected chi connectivity index (χ4v) is 1.56. The predicted octanol–water partition coefficient (Wildman–Crippen LogP) is 1.51. The number of fused-ring (bicyclic) bond motifs is 1. The molecule has 1 N–H and O–H groups in total. The topological polar surface area (TPSA) is 68.0 Å². The van der Waals surface area contributed by atoms with E-state index in [0.29, 0.717) is 11.7 Å². The second-order valence-electron chi connectivity index (χ2n) is 3.93. The van der Waals surface area contributed by atoms with Gasteiger partial charge in [0, 0.05) is 6.04 Å². The molecule has 0 aliphatic heterocycles. The maximum Gasteiger partial charge on any atom is 0.200 e. The number of tetrazole rings is 1. The Morgan fingerprint density at radius 2 is 2.31 bits per heavy atom. The first-order valence-electron chi connectivity index (χ1n) is 5.61. The predicted molar refractivity (Wildman–Crippen MR) is 61.2 cm³/mol. The van der Waals surface area contributed by atoms with E-state index in [-0.39, 0.29) is 0 Å². The zero-order chi connectivity index (χ0) is 11.4. The molecule has 6 nitrogen and oxygen atoms in total. The zero-order valence-electron chi connectivity index (χ0n) is 9.59. The number of unbranched alkanes of at least 4 members (excludes halogenated alkanes) is 1. The first kappa shape index (κ1) is 10.8. The van der Waals surface area contributed by atoms with Gasteiger partial charge in [-0.05, 0) is 35.9 Å². The van der Waals surface area contributed by atoms with E-state index < -0.39 is 0 Å². The molecule has 0 fully saturated rings. The Morgan fingerprint density at radius 1 is 1.44 bits per heavy atom. The van der Waals surface area contributed by atoms with Gasteiger partial charge in [0.2, 0.25) is 0 Å². The van der Waals surface area contributed by atoms with Crippen LogP contribution < -0.4 is 5.32 Å². The summed E-state index contributed by atoms with van der Waals surface area (Å²) in [5.74, 6) is 0.809. The van der Waals surface area contributed by atoms with Crippen LogP contribution in [0.3, 0.4) is 0 Å². The second kappa shape index (κ2) is 4.87. The molecule has 0 amide bonds. The van der Waals surface area contributed by atoms with Gasteiger partial charge in [0.15, 0.2) is 5.65 Å². The van der Waals surface area contributed by atoms with Crippen LogP contribution in [0.4, 0.5) is 5.82 Å². The third-order valence-electron chi connectivity index (χ3n) is 2.45. The van der Waals surface area contributed by atoms with Crippen LogP contribution in [0.5, 0.6) is 0 Å². The highest BCUT2D eigenvalue weighted by atomic mass is 15.6. The lowest BCUT2D eigenvalue weighted by atomic mass is 10.1. The molecule has 0 saturated carbocycles. The Bertz CT molecular complexity index is 451. The lowest BCUT2D eigenvalue weighted by molar-refractivity contribution is 0.638. The Balaban J connectivity index is 2.03. The number of hydrogen-bond acceptors (Lipinski definition) is 5. The van der Waals surface area contributed by atoms with E-state index in [1.165, 1.54) is 17.5 Å². The Labute approximate surface area is 94.0 Å². The summed E-state index contributed by atoms with van der Waals surface area (Å²) in [7, 11) is 0. The normalized spacial score (nSPS) is 12.9. The molecular weight excluding hydrogens is 204 g/mol. The van der Waals surface area contributed by atoms with Gasteiger partial charge in [0.1, 0.15) is 5.82 Å². The highest BCUT2D eigenvalue weighted by molar-refractivity contribution is 5.42. The third kappa shape index (κ3) is 2.44. The lowest BCUT2D eigenvalue weighted by Gasteiger charge is -2.13. The van der Waals surface area contributed by atoms with Crippen molar-refractivity contribution in [1.82, 2.24) is 25.3 Å². The SMILES string of the molecule is CCCCC(C)Nc1ccc2nnnn2n1. The summed E-state index contributed by atoms with van der Waals surface area (Å²) >= 11 is 0. The molecule has 0 bridgehead atoms. The summed E-state index contributed by atoms with van der Waals surface area (Å²) in [4.78, 5) is 0. The molecule has 2 heterocycles. The quantitative estimate of drug-likeness (QED) is 0.827. The minimum atomic E-state index is 0.418. The van der Waals surface area contributed by atoms with Crippen LogP contribution in [0.15, 0.2) is 12.1 Å². The summed E-state index contributed by atoms with van der Waals surface area (Å²) in [6, 6.07) is 4.16. The third-order valence-corrected chi connectivity index (χ3v) is 2.45. The van der Waals surface area contributed by atoms with E-state index in [9.17, 15) is 0 Å². The summed E-state index contributed by atoms with van der Waals surface area (Å²) < 4.78 is 1.43. The molecule has 2 rings (SSSR count). The average Bonchev–Trinajstić information content (AvgIpc) is 2.73. The van der Waals surface area contributed by atoms with Gasteiger partial charge < -0.3 is 5.32 Å². The Morgan fingerprint density at radius 3 is 3.12 bits per heavy atom. The van der Waals surface area contributed by atoms with E-state index in [1.54, 1.807) is 0 Å². The molecule has 0 aliphatic carbocycles. The number of nitrogens with zero attached hydrogens (tertiary/aromatic N) is 5. The highest BCUT2D eigenvalue weighted by Gasteiger charge is 2.04. The van der Waals surface area contributed by atoms with Crippen molar-refractivity contribution in [1.29, 1.82) is 0 Å². The van der Waals surface area contributed by atoms with E-state index in [2.05, 4.69) is 39.8 Å². The van der Waals surface area contributed by atoms with E-state index in [4.69, 9.17) is 0 Å². The van der Waals surface area contributed by atoms with Crippen molar-refractivity contribution < 1.29 is 0 Å². The smallest absolute Gasteiger partial charge is 0.200 e. The fraction of sp³-hybridized carbons (Fsp3) is 0.600. The molecule has 16 heavy (non-hydrogen) atoms. The molecule has 1 unspecified atom stereocenters. The number of nitrogens with one attached hydrogen (secondary N) is 1. The lowest BCUT2D eigenvalue weighted by Crippen LogP contribution is -2.16. The van der Waals surface area contributed by atoms with Crippen molar-refractivity contribution in [3.63, 3.8) is 0 Å². The molecular formula is C10H16N6. The molecule has 0 saturated heterocycles. The monoisotopic (exact) mass is 220 g/mol. The summed E-state index contributed by atoms with van der Waals surface area (Å²) in [5, 5.41) is 18.7. The molecule has 6 heteroatoms. The van der Waals surface area contributed by atoms with Crippen LogP contribution in [-0.2, 0) is 0 Å². The second-order valence-corrected chi connectivity index (χ2v) is 3.93. The fourth-order valence-electron chi connectivity index (χ4n) is 1.56. The molecule has 0 spiro atoms. The maximum atomic E-state index is 4.25. The van der Waals surface area contributed by atoms with E-state index >= 15 is 0 Å². The highest BCUT2D eigenvalue weighted by Crippen LogP contribution is 2.08. The molecule has 86 valence electrons. The number of aromatic nitrogens is 5. The van der Waals surface area contributed by atoms with Crippen molar-refractivity contribution in [3.05, 3.63) is 12.1 Å². The number of hydrogen-bond donors (Lipinski definition) is 1. The van der Waals surface area contributed by atoms with Gasteiger partial charge in [-0.3, -0.25) is 0 Å². The van der Waals surface area contributed by atoms with Crippen molar-refractivity contribution in [2.75, 3.05) is 5.32 Å². The summed E-state index contributed by atoms with van der Waals surface area (Å²) in [5.41, 5.74) is 0.659. The zero-order valence-corrected chi connectivity index (χ0v) is 9.59. The molecule has 0 aromatic carbocycles. The first-order chi connectivity index (χ1) is 7.79. The van der Waals surface area contributed by atoms with Gasteiger partial charge in [-0.1, -0.05) is 19.8 Å². The average molecular weight is 220 g/mol. The van der Waals surface area contributed by atoms with Crippen molar-refractivity contribution in [2.24, 2.45) is 0 Å². The van der Waals surface area contributed by atoms with Crippen LogP contribution in [0.25, 0.3) is 5.65 Å². The molecule has 2 aromatic heterocycles. The van der Waals surface area contributed by atoms with Crippen LogP contribution in [0.1, 0.15) is 33.1 Å². The summed E-state index contributed by atoms with van der Waals surface area (Å²) in [6.45, 7) is 4.35. The standard InChI is InChI=1S/C10H16N6/c1-3-4-5-8(2)11-9-6-7-10-12-14-15-16(10)13-9/h6-8H,3-5H2,1-2H3,(H,11,13). The number of rotatable bonds is 5. The van der Waals surface area contributed by atoms with Crippen LogP contribution in [0, 0.1) is 0 Å².